The Balaban J connectivity index is 1.78. The van der Waals surface area contributed by atoms with Crippen molar-refractivity contribution in [2.24, 2.45) is 32.7 Å². The molecule has 0 saturated heterocycles. The topological polar surface area (TPSA) is 43.2 Å². The fraction of sp³-hybridized carbons (Fsp3) is 0.900. The fourth-order valence-electron chi connectivity index (χ4n) is 3.80. The van der Waals surface area contributed by atoms with E-state index in [1.807, 2.05) is 0 Å². The molecule has 4 nitrogen and oxygen atoms in total. The Morgan fingerprint density at radius 1 is 0.708 bits per heavy atom. The third-order valence-corrected chi connectivity index (χ3v) is 5.74. The number of rotatable bonds is 2. The summed E-state index contributed by atoms with van der Waals surface area (Å²) in [5.74, 6) is 2.63. The van der Waals surface area contributed by atoms with E-state index < -0.39 is 0 Å². The van der Waals surface area contributed by atoms with Gasteiger partial charge in [-0.25, -0.2) is 9.98 Å². The van der Waals surface area contributed by atoms with Gasteiger partial charge >= 0.3 is 0 Å². The van der Waals surface area contributed by atoms with E-state index >= 15 is 0 Å². The number of ether oxygens (including phenoxy) is 2. The Bertz CT molecular complexity index is 477. The van der Waals surface area contributed by atoms with Gasteiger partial charge in [-0.1, -0.05) is 54.4 Å². The van der Waals surface area contributed by atoms with E-state index in [-0.39, 0.29) is 22.9 Å². The van der Waals surface area contributed by atoms with Crippen LogP contribution in [0, 0.1) is 22.7 Å². The van der Waals surface area contributed by atoms with Gasteiger partial charge in [0.1, 0.15) is 13.2 Å². The van der Waals surface area contributed by atoms with Crippen LogP contribution in [0.5, 0.6) is 0 Å². The van der Waals surface area contributed by atoms with Gasteiger partial charge in [0, 0.05) is 11.8 Å². The predicted molar refractivity (Wildman–Crippen MR) is 98.7 cm³/mol. The lowest BCUT2D eigenvalue weighted by molar-refractivity contribution is 0.204. The van der Waals surface area contributed by atoms with Crippen LogP contribution < -0.4 is 0 Å². The van der Waals surface area contributed by atoms with Gasteiger partial charge in [-0.2, -0.15) is 0 Å². The molecule has 2 heterocycles. The van der Waals surface area contributed by atoms with E-state index in [0.717, 1.165) is 37.9 Å². The van der Waals surface area contributed by atoms with Crippen LogP contribution >= 0.6 is 0 Å². The highest BCUT2D eigenvalue weighted by atomic mass is 16.5. The summed E-state index contributed by atoms with van der Waals surface area (Å²) in [5, 5.41) is 0. The van der Waals surface area contributed by atoms with Crippen molar-refractivity contribution in [3.05, 3.63) is 0 Å². The molecule has 2 aliphatic heterocycles. The Morgan fingerprint density at radius 3 is 1.38 bits per heavy atom. The van der Waals surface area contributed by atoms with Crippen LogP contribution in [0.1, 0.15) is 67.2 Å². The summed E-state index contributed by atoms with van der Waals surface area (Å²) in [6.45, 7) is 14.9. The molecule has 1 aliphatic carbocycles. The monoisotopic (exact) mass is 334 g/mol. The largest absolute Gasteiger partial charge is 0.478 e. The van der Waals surface area contributed by atoms with Crippen molar-refractivity contribution in [1.82, 2.24) is 0 Å². The van der Waals surface area contributed by atoms with Crippen LogP contribution in [-0.2, 0) is 9.47 Å². The molecule has 0 aromatic carbocycles. The predicted octanol–water partition coefficient (Wildman–Crippen LogP) is 4.48. The van der Waals surface area contributed by atoms with E-state index in [0.29, 0.717) is 11.8 Å². The summed E-state index contributed by atoms with van der Waals surface area (Å²) >= 11 is 0. The smallest absolute Gasteiger partial charge is 0.187 e. The molecule has 0 aromatic rings. The highest BCUT2D eigenvalue weighted by molar-refractivity contribution is 5.89. The van der Waals surface area contributed by atoms with E-state index in [2.05, 4.69) is 41.5 Å². The van der Waals surface area contributed by atoms with Gasteiger partial charge in [0.2, 0.25) is 0 Å². The van der Waals surface area contributed by atoms with Crippen LogP contribution in [0.25, 0.3) is 0 Å². The van der Waals surface area contributed by atoms with E-state index in [1.54, 1.807) is 0 Å². The van der Waals surface area contributed by atoms with Crippen molar-refractivity contribution in [3.8, 4) is 0 Å². The second-order valence-electron chi connectivity index (χ2n) is 9.82. The number of nitrogens with zero attached hydrogens (tertiary/aromatic N) is 2. The summed E-state index contributed by atoms with van der Waals surface area (Å²) in [7, 11) is 0. The van der Waals surface area contributed by atoms with Crippen LogP contribution in [0.3, 0.4) is 0 Å². The quantitative estimate of drug-likeness (QED) is 0.747. The summed E-state index contributed by atoms with van der Waals surface area (Å²) in [5.41, 5.74) is 0.315. The molecule has 1 saturated carbocycles. The molecule has 4 atom stereocenters. The maximum absolute atomic E-state index is 6.05. The van der Waals surface area contributed by atoms with E-state index in [1.165, 1.54) is 12.8 Å². The first-order valence-corrected chi connectivity index (χ1v) is 9.57. The SMILES string of the molecule is CC(C)(C)C1COC(C2CCCCC2C2=NC(C(C)(C)C)CO2)=N1. The van der Waals surface area contributed by atoms with E-state index in [9.17, 15) is 0 Å². The molecule has 4 unspecified atom stereocenters. The third-order valence-electron chi connectivity index (χ3n) is 5.74. The minimum absolute atomic E-state index is 0.157. The molecule has 0 amide bonds. The molecule has 4 heteroatoms. The molecular weight excluding hydrogens is 300 g/mol. The first-order chi connectivity index (χ1) is 11.2. The highest BCUT2D eigenvalue weighted by Gasteiger charge is 2.42. The molecule has 0 bridgehead atoms. The fourth-order valence-corrected chi connectivity index (χ4v) is 3.80. The zero-order chi connectivity index (χ0) is 17.5. The minimum atomic E-state index is 0.157. The summed E-state index contributed by atoms with van der Waals surface area (Å²) in [6.07, 6.45) is 4.78. The lowest BCUT2D eigenvalue weighted by Gasteiger charge is -2.30. The average Bonchev–Trinajstić information content (AvgIpc) is 3.16. The standard InChI is InChI=1S/C20H34N2O2/c1-19(2,3)15-11-23-17(21-15)13-9-7-8-10-14(13)18-22-16(12-24-18)20(4,5)6/h13-16H,7-12H2,1-6H3. The molecule has 0 radical (unpaired) electrons. The summed E-state index contributed by atoms with van der Waals surface area (Å²) in [4.78, 5) is 9.91. The zero-order valence-electron chi connectivity index (χ0n) is 16.3. The molecule has 0 N–H and O–H groups in total. The van der Waals surface area contributed by atoms with Crippen molar-refractivity contribution >= 4 is 11.8 Å². The van der Waals surface area contributed by atoms with Crippen LogP contribution in [0.4, 0.5) is 0 Å². The molecule has 0 aromatic heterocycles. The first-order valence-electron chi connectivity index (χ1n) is 9.57. The molecule has 1 fully saturated rings. The molecule has 3 aliphatic rings. The Labute approximate surface area is 147 Å². The van der Waals surface area contributed by atoms with Gasteiger partial charge in [0.25, 0.3) is 0 Å². The highest BCUT2D eigenvalue weighted by Crippen LogP contribution is 2.38. The van der Waals surface area contributed by atoms with Gasteiger partial charge < -0.3 is 9.47 Å². The number of hydrogen-bond acceptors (Lipinski definition) is 4. The zero-order valence-corrected chi connectivity index (χ0v) is 16.3. The maximum Gasteiger partial charge on any atom is 0.187 e. The second kappa shape index (κ2) is 6.34. The second-order valence-corrected chi connectivity index (χ2v) is 9.82. The Kier molecular flexibility index (Phi) is 4.69. The molecule has 24 heavy (non-hydrogen) atoms. The summed E-state index contributed by atoms with van der Waals surface area (Å²) in [6, 6.07) is 0.535. The Morgan fingerprint density at radius 2 is 1.08 bits per heavy atom. The summed E-state index contributed by atoms with van der Waals surface area (Å²) < 4.78 is 12.1. The number of aliphatic imine (C=N–C) groups is 2. The van der Waals surface area contributed by atoms with Gasteiger partial charge in [0.05, 0.1) is 12.1 Å². The van der Waals surface area contributed by atoms with Crippen molar-refractivity contribution in [2.45, 2.75) is 79.3 Å². The molecule has 136 valence electrons. The van der Waals surface area contributed by atoms with Crippen molar-refractivity contribution in [1.29, 1.82) is 0 Å². The van der Waals surface area contributed by atoms with Gasteiger partial charge in [-0.3, -0.25) is 0 Å². The molecule has 0 spiro atoms. The van der Waals surface area contributed by atoms with Crippen LogP contribution in [0.2, 0.25) is 0 Å². The van der Waals surface area contributed by atoms with Crippen molar-refractivity contribution in [2.75, 3.05) is 13.2 Å². The maximum atomic E-state index is 6.05. The first kappa shape index (κ1) is 17.8. The third kappa shape index (κ3) is 3.62. The lowest BCUT2D eigenvalue weighted by atomic mass is 9.78. The van der Waals surface area contributed by atoms with Gasteiger partial charge in [0.15, 0.2) is 11.8 Å². The van der Waals surface area contributed by atoms with E-state index in [4.69, 9.17) is 19.5 Å². The molecular formula is C20H34N2O2. The van der Waals surface area contributed by atoms with Gasteiger partial charge in [-0.15, -0.1) is 0 Å². The van der Waals surface area contributed by atoms with Crippen LogP contribution in [0.15, 0.2) is 9.98 Å². The average molecular weight is 335 g/mol. The normalized spacial score (nSPS) is 34.4. The van der Waals surface area contributed by atoms with Crippen LogP contribution in [-0.4, -0.2) is 37.1 Å². The number of hydrogen-bond donors (Lipinski definition) is 0. The molecule has 3 rings (SSSR count). The van der Waals surface area contributed by atoms with Crippen molar-refractivity contribution in [3.63, 3.8) is 0 Å². The van der Waals surface area contributed by atoms with Gasteiger partial charge in [-0.05, 0) is 23.7 Å². The Hall–Kier alpha value is -1.06. The lowest BCUT2D eigenvalue weighted by Crippen LogP contribution is -2.33. The van der Waals surface area contributed by atoms with Crippen molar-refractivity contribution < 1.29 is 9.47 Å². The minimum Gasteiger partial charge on any atom is -0.478 e.